The van der Waals surface area contributed by atoms with Crippen molar-refractivity contribution in [3.8, 4) is 5.75 Å². The van der Waals surface area contributed by atoms with Gasteiger partial charge >= 0.3 is 5.97 Å². The van der Waals surface area contributed by atoms with E-state index >= 15 is 0 Å². The number of methoxy groups -OCH3 is 1. The first kappa shape index (κ1) is 30.1. The molecule has 0 heterocycles. The summed E-state index contributed by atoms with van der Waals surface area (Å²) in [5, 5.41) is 12.2. The average Bonchev–Trinajstić information content (AvgIpc) is 3.19. The molecule has 208 valence electrons. The van der Waals surface area contributed by atoms with Gasteiger partial charge in [0, 0.05) is 12.3 Å². The average molecular weight is 539 g/mol. The molecule has 0 aliphatic heterocycles. The molecular weight excluding hydrogens is 492 g/mol. The van der Waals surface area contributed by atoms with Crippen molar-refractivity contribution in [1.82, 2.24) is 0 Å². The molecule has 5 nitrogen and oxygen atoms in total. The van der Waals surface area contributed by atoms with Gasteiger partial charge in [0.25, 0.3) is 0 Å². The molecule has 1 N–H and O–H groups in total. The van der Waals surface area contributed by atoms with Crippen LogP contribution in [0.15, 0.2) is 66.7 Å². The zero-order valence-electron chi connectivity index (χ0n) is 24.0. The maximum atomic E-state index is 12.1. The Bertz CT molecular complexity index is 1060. The molecule has 0 spiro atoms. The summed E-state index contributed by atoms with van der Waals surface area (Å²) in [5.74, 6) is 0.466. The second kappa shape index (κ2) is 13.1. The summed E-state index contributed by atoms with van der Waals surface area (Å²) in [6.07, 6.45) is 7.98. The fraction of sp³-hybridized carbons (Fsp3) is 0.531. The van der Waals surface area contributed by atoms with Crippen LogP contribution in [0.25, 0.3) is 0 Å². The third-order valence-corrected chi connectivity index (χ3v) is 12.6. The number of benzene rings is 2. The molecule has 38 heavy (non-hydrogen) atoms. The monoisotopic (exact) mass is 538 g/mol. The van der Waals surface area contributed by atoms with Crippen molar-refractivity contribution < 1.29 is 23.8 Å². The summed E-state index contributed by atoms with van der Waals surface area (Å²) in [6, 6.07) is 18.1. The van der Waals surface area contributed by atoms with E-state index in [4.69, 9.17) is 13.9 Å². The van der Waals surface area contributed by atoms with E-state index in [0.29, 0.717) is 25.9 Å². The van der Waals surface area contributed by atoms with Gasteiger partial charge in [-0.3, -0.25) is 4.79 Å². The van der Waals surface area contributed by atoms with Gasteiger partial charge in [-0.15, -0.1) is 0 Å². The topological polar surface area (TPSA) is 65.0 Å². The lowest BCUT2D eigenvalue weighted by Gasteiger charge is -2.42. The molecule has 0 amide bonds. The van der Waals surface area contributed by atoms with Gasteiger partial charge in [0.15, 0.2) is 8.32 Å². The van der Waals surface area contributed by atoms with Crippen molar-refractivity contribution in [2.75, 3.05) is 13.7 Å². The predicted molar refractivity (Wildman–Crippen MR) is 156 cm³/mol. The van der Waals surface area contributed by atoms with Crippen LogP contribution in [0, 0.1) is 0 Å². The van der Waals surface area contributed by atoms with E-state index in [-0.39, 0.29) is 23.0 Å². The summed E-state index contributed by atoms with van der Waals surface area (Å²) < 4.78 is 17.6. The third kappa shape index (κ3) is 7.81. The van der Waals surface area contributed by atoms with Crippen molar-refractivity contribution in [2.24, 2.45) is 0 Å². The van der Waals surface area contributed by atoms with Crippen molar-refractivity contribution in [1.29, 1.82) is 0 Å². The minimum Gasteiger partial charge on any atom is -0.494 e. The zero-order chi connectivity index (χ0) is 27.8. The normalized spacial score (nSPS) is 21.4. The first-order chi connectivity index (χ1) is 18.0. The summed E-state index contributed by atoms with van der Waals surface area (Å²) in [4.78, 5) is 11.7. The molecule has 0 radical (unpaired) electrons. The van der Waals surface area contributed by atoms with Crippen LogP contribution < -0.4 is 4.74 Å². The van der Waals surface area contributed by atoms with Crippen LogP contribution in [0.4, 0.5) is 0 Å². The third-order valence-electron chi connectivity index (χ3n) is 8.11. The number of hydrogen-bond donors (Lipinski definition) is 1. The fourth-order valence-corrected chi connectivity index (χ4v) is 6.13. The molecule has 0 unspecified atom stereocenters. The molecule has 0 bridgehead atoms. The molecule has 2 aromatic carbocycles. The van der Waals surface area contributed by atoms with E-state index in [2.05, 4.69) is 52.1 Å². The molecule has 0 fully saturated rings. The second-order valence-electron chi connectivity index (χ2n) is 11.9. The van der Waals surface area contributed by atoms with E-state index in [1.165, 1.54) is 7.11 Å². The quantitative estimate of drug-likeness (QED) is 0.126. The summed E-state index contributed by atoms with van der Waals surface area (Å²) in [6.45, 7) is 11.9. The Morgan fingerprint density at radius 1 is 1.00 bits per heavy atom. The number of ether oxygens (including phenoxy) is 2. The van der Waals surface area contributed by atoms with Crippen LogP contribution in [-0.4, -0.2) is 44.8 Å². The highest BCUT2D eigenvalue weighted by Gasteiger charge is 2.49. The zero-order valence-corrected chi connectivity index (χ0v) is 25.0. The Kier molecular flexibility index (Phi) is 10.4. The Labute approximate surface area is 230 Å². The number of esters is 1. The van der Waals surface area contributed by atoms with Gasteiger partial charge in [-0.25, -0.2) is 0 Å². The highest BCUT2D eigenvalue weighted by atomic mass is 28.4. The van der Waals surface area contributed by atoms with Crippen molar-refractivity contribution >= 4 is 14.3 Å². The van der Waals surface area contributed by atoms with E-state index < -0.39 is 13.9 Å². The second-order valence-corrected chi connectivity index (χ2v) is 16.7. The highest BCUT2D eigenvalue weighted by molar-refractivity contribution is 6.74. The predicted octanol–water partition coefficient (Wildman–Crippen LogP) is 7.21. The Morgan fingerprint density at radius 3 is 2.37 bits per heavy atom. The van der Waals surface area contributed by atoms with E-state index in [9.17, 15) is 9.90 Å². The largest absolute Gasteiger partial charge is 0.494 e. The maximum absolute atomic E-state index is 12.1. The lowest BCUT2D eigenvalue weighted by Crippen LogP contribution is -2.47. The number of rotatable bonds is 13. The summed E-state index contributed by atoms with van der Waals surface area (Å²) in [5.41, 5.74) is 1.24. The molecule has 1 aliphatic carbocycles. The number of para-hydroxylation sites is 1. The van der Waals surface area contributed by atoms with Gasteiger partial charge in [0.05, 0.1) is 25.4 Å². The van der Waals surface area contributed by atoms with Crippen molar-refractivity contribution in [3.63, 3.8) is 0 Å². The van der Waals surface area contributed by atoms with Crippen molar-refractivity contribution in [2.45, 2.75) is 95.1 Å². The van der Waals surface area contributed by atoms with Crippen LogP contribution in [0.3, 0.4) is 0 Å². The minimum absolute atomic E-state index is 0.0565. The van der Waals surface area contributed by atoms with E-state index in [0.717, 1.165) is 36.1 Å². The maximum Gasteiger partial charge on any atom is 0.305 e. The van der Waals surface area contributed by atoms with Gasteiger partial charge in [-0.1, -0.05) is 75.4 Å². The highest BCUT2D eigenvalue weighted by Crippen LogP contribution is 2.47. The number of hydrogen-bond acceptors (Lipinski definition) is 5. The molecule has 0 aromatic heterocycles. The number of carbonyl (C=O) groups is 1. The number of aryl methyl sites for hydroxylation is 1. The number of carbonyl (C=O) groups excluding carboxylic acids is 1. The van der Waals surface area contributed by atoms with Gasteiger partial charge in [-0.05, 0) is 73.5 Å². The van der Waals surface area contributed by atoms with Crippen LogP contribution in [-0.2, 0) is 20.4 Å². The minimum atomic E-state index is -2.09. The lowest BCUT2D eigenvalue weighted by molar-refractivity contribution is -0.140. The van der Waals surface area contributed by atoms with Gasteiger partial charge < -0.3 is 19.0 Å². The standard InChI is InChI=1S/C32H46O5Si/c1-31(2,3)38(5,6)37-28-21-23-32(34,22-12-13-24-36-26-17-8-7-9-18-26)30(28)27-19-11-10-15-25(27)16-14-20-29(33)35-4/h7-11,15,17-19,21,23,28,30,34H,12-14,16,20,22,24H2,1-6H3/t28-,30+,32-/m1/s1. The molecule has 0 saturated carbocycles. The summed E-state index contributed by atoms with van der Waals surface area (Å²) >= 11 is 0. The SMILES string of the molecule is COC(=O)CCCc1ccccc1[C@H]1[C@H](O[Si](C)(C)C(C)(C)C)C=C[C@]1(O)CCCCOc1ccccc1. The Balaban J connectivity index is 1.79. The van der Waals surface area contributed by atoms with E-state index in [1.807, 2.05) is 48.5 Å². The first-order valence-corrected chi connectivity index (χ1v) is 16.8. The first-order valence-electron chi connectivity index (χ1n) is 13.9. The fourth-order valence-electron chi connectivity index (χ4n) is 4.88. The van der Waals surface area contributed by atoms with Crippen LogP contribution in [0.2, 0.25) is 18.1 Å². The van der Waals surface area contributed by atoms with Gasteiger partial charge in [0.2, 0.25) is 0 Å². The summed E-state index contributed by atoms with van der Waals surface area (Å²) in [7, 11) is -0.670. The molecule has 1 aliphatic rings. The van der Waals surface area contributed by atoms with Crippen molar-refractivity contribution in [3.05, 3.63) is 77.9 Å². The lowest BCUT2D eigenvalue weighted by atomic mass is 9.78. The molecule has 2 aromatic rings. The van der Waals surface area contributed by atoms with E-state index in [1.54, 1.807) is 0 Å². The van der Waals surface area contributed by atoms with Crippen LogP contribution in [0.1, 0.15) is 69.9 Å². The van der Waals surface area contributed by atoms with Gasteiger partial charge in [0.1, 0.15) is 5.75 Å². The Morgan fingerprint density at radius 2 is 1.68 bits per heavy atom. The molecular formula is C32H46O5Si. The number of aliphatic hydroxyl groups is 1. The smallest absolute Gasteiger partial charge is 0.305 e. The molecule has 0 saturated heterocycles. The van der Waals surface area contributed by atoms with Gasteiger partial charge in [-0.2, -0.15) is 0 Å². The molecule has 6 heteroatoms. The number of unbranched alkanes of at least 4 members (excludes halogenated alkanes) is 1. The molecule has 3 rings (SSSR count). The Hall–Kier alpha value is -2.41. The van der Waals surface area contributed by atoms with Crippen LogP contribution >= 0.6 is 0 Å². The van der Waals surface area contributed by atoms with Crippen LogP contribution in [0.5, 0.6) is 5.75 Å². The molecule has 3 atom stereocenters.